The van der Waals surface area contributed by atoms with Gasteiger partial charge in [0.1, 0.15) is 6.61 Å². The molecule has 0 spiro atoms. The summed E-state index contributed by atoms with van der Waals surface area (Å²) in [7, 11) is 0. The van der Waals surface area contributed by atoms with Gasteiger partial charge in [-0.3, -0.25) is 9.59 Å². The van der Waals surface area contributed by atoms with Crippen LogP contribution in [0.1, 0.15) is 39.5 Å². The molecule has 1 saturated heterocycles. The lowest BCUT2D eigenvalue weighted by Gasteiger charge is -2.21. The third-order valence-electron chi connectivity index (χ3n) is 2.64. The highest BCUT2D eigenvalue weighted by molar-refractivity contribution is 9.00. The summed E-state index contributed by atoms with van der Waals surface area (Å²) in [6, 6.07) is 0. The van der Waals surface area contributed by atoms with Gasteiger partial charge >= 0.3 is 11.9 Å². The molecule has 1 unspecified atom stereocenters. The van der Waals surface area contributed by atoms with Crippen LogP contribution in [0, 0.1) is 0 Å². The van der Waals surface area contributed by atoms with Crippen LogP contribution in [0.2, 0.25) is 0 Å². The van der Waals surface area contributed by atoms with E-state index < -0.39 is 10.8 Å². The molecule has 0 saturated carbocycles. The van der Waals surface area contributed by atoms with Crippen molar-refractivity contribution in [2.75, 3.05) is 24.7 Å². The Bertz CT molecular complexity index is 408. The van der Waals surface area contributed by atoms with Gasteiger partial charge in [-0.1, -0.05) is 36.6 Å². The Kier molecular flexibility index (Phi) is 10.1. The van der Waals surface area contributed by atoms with E-state index in [-0.39, 0.29) is 25.2 Å². The highest BCUT2D eigenvalue weighted by Crippen LogP contribution is 2.74. The lowest BCUT2D eigenvalue weighted by molar-refractivity contribution is -0.160. The van der Waals surface area contributed by atoms with Crippen molar-refractivity contribution in [3.8, 4) is 0 Å². The zero-order chi connectivity index (χ0) is 16.4. The summed E-state index contributed by atoms with van der Waals surface area (Å²) in [5.74, 6) is 1.40. The van der Waals surface area contributed by atoms with Crippen LogP contribution in [0.15, 0.2) is 0 Å². The Morgan fingerprint density at radius 3 is 2.27 bits per heavy atom. The molecule has 0 aliphatic carbocycles. The molecule has 1 atom stereocenters. The first-order valence-electron chi connectivity index (χ1n) is 7.38. The third kappa shape index (κ3) is 8.20. The predicted molar refractivity (Wildman–Crippen MR) is 95.8 cm³/mol. The number of rotatable bonds is 10. The number of carbonyl (C=O) groups excluding carboxylic acids is 2. The van der Waals surface area contributed by atoms with Gasteiger partial charge in [0.2, 0.25) is 0 Å². The van der Waals surface area contributed by atoms with E-state index >= 15 is 0 Å². The van der Waals surface area contributed by atoms with Gasteiger partial charge in [-0.2, -0.15) is 0 Å². The monoisotopic (exact) mass is 386 g/mol. The quantitative estimate of drug-likeness (QED) is 0.415. The second-order valence-corrected chi connectivity index (χ2v) is 15.4. The smallest absolute Gasteiger partial charge is 0.306 e. The minimum atomic E-state index is -1.91. The van der Waals surface area contributed by atoms with Crippen LogP contribution in [0.4, 0.5) is 0 Å². The van der Waals surface area contributed by atoms with Gasteiger partial charge < -0.3 is 14.0 Å². The average molecular weight is 386 g/mol. The molecular weight excluding hydrogens is 363 g/mol. The Morgan fingerprint density at radius 2 is 1.68 bits per heavy atom. The maximum atomic E-state index is 11.7. The Labute approximate surface area is 145 Å². The number of ether oxygens (including phenoxy) is 2. The number of esters is 2. The van der Waals surface area contributed by atoms with Crippen LogP contribution >= 0.6 is 27.4 Å². The van der Waals surface area contributed by atoms with Crippen molar-refractivity contribution < 1.29 is 23.6 Å². The maximum Gasteiger partial charge on any atom is 0.306 e. The predicted octanol–water partition coefficient (Wildman–Crippen LogP) is 3.76. The van der Waals surface area contributed by atoms with Gasteiger partial charge in [-0.05, 0) is 24.6 Å². The van der Waals surface area contributed by atoms with Crippen LogP contribution in [0.5, 0.6) is 0 Å². The summed E-state index contributed by atoms with van der Waals surface area (Å²) in [5.41, 5.74) is 0. The van der Waals surface area contributed by atoms with E-state index in [1.54, 1.807) is 22.8 Å². The van der Waals surface area contributed by atoms with E-state index in [4.69, 9.17) is 25.8 Å². The molecule has 22 heavy (non-hydrogen) atoms. The number of hydrogen-bond acceptors (Lipinski definition) is 8. The van der Waals surface area contributed by atoms with Crippen molar-refractivity contribution in [1.82, 2.24) is 0 Å². The first-order valence-corrected chi connectivity index (χ1v) is 13.3. The van der Waals surface area contributed by atoms with Crippen LogP contribution in [0.3, 0.4) is 0 Å². The van der Waals surface area contributed by atoms with Gasteiger partial charge in [0.05, 0.1) is 6.61 Å². The summed E-state index contributed by atoms with van der Waals surface area (Å²) in [4.78, 5) is 23.1. The summed E-state index contributed by atoms with van der Waals surface area (Å²) >= 11 is 8.83. The average Bonchev–Trinajstić information content (AvgIpc) is 2.90. The summed E-state index contributed by atoms with van der Waals surface area (Å²) in [6.45, 7) is 4.03. The van der Waals surface area contributed by atoms with Gasteiger partial charge in [0.25, 0.3) is 0 Å². The van der Waals surface area contributed by atoms with Crippen molar-refractivity contribution in [2.24, 2.45) is 0 Å². The molecule has 128 valence electrons. The molecule has 1 fully saturated rings. The van der Waals surface area contributed by atoms with Gasteiger partial charge in [-0.15, -0.1) is 0 Å². The zero-order valence-corrected chi connectivity index (χ0v) is 16.3. The molecule has 1 rings (SSSR count). The molecule has 1 heterocycles. The molecule has 1 aliphatic heterocycles. The summed E-state index contributed by atoms with van der Waals surface area (Å²) < 4.78 is 14.4. The lowest BCUT2D eigenvalue weighted by atomic mass is 10.3. The first-order chi connectivity index (χ1) is 10.5. The molecular formula is C13H23O5PS3. The molecule has 1 aliphatic rings. The fourth-order valence-corrected chi connectivity index (χ4v) is 10.5. The van der Waals surface area contributed by atoms with Crippen LogP contribution in [-0.4, -0.2) is 42.8 Å². The SMILES string of the molecule is CCCC(=O)OCC(COP1(=S)SCCS1)OC(=O)CCC. The van der Waals surface area contributed by atoms with Crippen molar-refractivity contribution in [2.45, 2.75) is 45.6 Å². The summed E-state index contributed by atoms with van der Waals surface area (Å²) in [5, 5.41) is 0. The fourth-order valence-electron chi connectivity index (χ4n) is 1.61. The molecule has 0 bridgehead atoms. The van der Waals surface area contributed by atoms with Gasteiger partial charge in [0, 0.05) is 24.3 Å². The van der Waals surface area contributed by atoms with Crippen molar-refractivity contribution in [3.63, 3.8) is 0 Å². The molecule has 0 amide bonds. The van der Waals surface area contributed by atoms with E-state index in [1.807, 2.05) is 13.8 Å². The van der Waals surface area contributed by atoms with E-state index in [1.165, 1.54) is 0 Å². The normalized spacial score (nSPS) is 17.9. The van der Waals surface area contributed by atoms with Crippen LogP contribution in [-0.2, 0) is 35.4 Å². The fraction of sp³-hybridized carbons (Fsp3) is 0.846. The first kappa shape index (κ1) is 20.3. The molecule has 9 heteroatoms. The minimum absolute atomic E-state index is 0.0267. The maximum absolute atomic E-state index is 11.7. The van der Waals surface area contributed by atoms with Crippen molar-refractivity contribution in [1.29, 1.82) is 0 Å². The Balaban J connectivity index is 2.47. The highest BCUT2D eigenvalue weighted by atomic mass is 33.2. The highest BCUT2D eigenvalue weighted by Gasteiger charge is 2.28. The van der Waals surface area contributed by atoms with E-state index in [0.717, 1.165) is 17.9 Å². The lowest BCUT2D eigenvalue weighted by Crippen LogP contribution is -2.29. The molecule has 0 aromatic carbocycles. The number of carbonyl (C=O) groups is 2. The molecule has 0 aromatic rings. The Hall–Kier alpha value is 0.250. The summed E-state index contributed by atoms with van der Waals surface area (Å²) in [6.07, 6.45) is 1.56. The largest absolute Gasteiger partial charge is 0.462 e. The van der Waals surface area contributed by atoms with E-state index in [0.29, 0.717) is 19.3 Å². The van der Waals surface area contributed by atoms with E-state index in [2.05, 4.69) is 0 Å². The van der Waals surface area contributed by atoms with Crippen molar-refractivity contribution in [3.05, 3.63) is 0 Å². The minimum Gasteiger partial charge on any atom is -0.462 e. The zero-order valence-electron chi connectivity index (χ0n) is 12.9. The van der Waals surface area contributed by atoms with Gasteiger partial charge in [-0.25, -0.2) is 0 Å². The molecule has 0 radical (unpaired) electrons. The van der Waals surface area contributed by atoms with Crippen molar-refractivity contribution >= 4 is 51.2 Å². The number of hydrogen-bond donors (Lipinski definition) is 0. The molecule has 5 nitrogen and oxygen atoms in total. The van der Waals surface area contributed by atoms with Crippen LogP contribution in [0.25, 0.3) is 0 Å². The second-order valence-electron chi connectivity index (χ2n) is 4.70. The second kappa shape index (κ2) is 10.9. The van der Waals surface area contributed by atoms with E-state index in [9.17, 15) is 9.59 Å². The topological polar surface area (TPSA) is 61.8 Å². The Morgan fingerprint density at radius 1 is 1.09 bits per heavy atom. The van der Waals surface area contributed by atoms with Crippen LogP contribution < -0.4 is 0 Å². The molecule has 0 aromatic heterocycles. The molecule has 0 N–H and O–H groups in total. The van der Waals surface area contributed by atoms with Gasteiger partial charge in [0.15, 0.2) is 10.8 Å². The third-order valence-corrected chi connectivity index (χ3v) is 12.5. The standard InChI is InChI=1S/C13H23O5PS3/c1-3-5-12(14)16-9-11(18-13(15)6-4-2)10-17-19(20)21-7-8-22-19/h11H,3-10H2,1-2H3.